The molecule has 0 radical (unpaired) electrons. The van der Waals surface area contributed by atoms with E-state index in [2.05, 4.69) is 35.8 Å². The summed E-state index contributed by atoms with van der Waals surface area (Å²) < 4.78 is 7.14. The molecular weight excluding hydrogens is 386 g/mol. The van der Waals surface area contributed by atoms with E-state index in [1.165, 1.54) is 6.08 Å². The average molecular weight is 414 g/mol. The fourth-order valence-electron chi connectivity index (χ4n) is 4.07. The standard InChI is InChI=1S/C26H27N3O2/c1-4-16-31-22-9-6-19(7-10-22)24-18-29(26(30)5-2)25-11-8-21(17-23(24)25)27-20-12-14-28(3)15-13-20/h1,5-11,17-18,20,27H,2,12-16H2,3H3. The van der Waals surface area contributed by atoms with Gasteiger partial charge in [0, 0.05) is 28.9 Å². The van der Waals surface area contributed by atoms with Crippen LogP contribution in [0.15, 0.2) is 61.3 Å². The Bertz CT molecular complexity index is 1130. The minimum Gasteiger partial charge on any atom is -0.481 e. The molecule has 1 aromatic heterocycles. The first kappa shape index (κ1) is 20.8. The topological polar surface area (TPSA) is 46.5 Å². The maximum absolute atomic E-state index is 12.5. The molecule has 0 saturated carbocycles. The van der Waals surface area contributed by atoms with Crippen LogP contribution in [0.2, 0.25) is 0 Å². The lowest BCUT2D eigenvalue weighted by Crippen LogP contribution is -2.36. The number of ether oxygens (including phenoxy) is 1. The van der Waals surface area contributed by atoms with Crippen LogP contribution in [0.25, 0.3) is 22.0 Å². The van der Waals surface area contributed by atoms with Gasteiger partial charge in [0.25, 0.3) is 5.91 Å². The number of terminal acetylenes is 1. The first-order valence-corrected chi connectivity index (χ1v) is 10.5. The lowest BCUT2D eigenvalue weighted by Gasteiger charge is -2.30. The van der Waals surface area contributed by atoms with Gasteiger partial charge in [0.2, 0.25) is 0 Å². The Morgan fingerprint density at radius 1 is 1.26 bits per heavy atom. The van der Waals surface area contributed by atoms with Crippen LogP contribution in [0.5, 0.6) is 5.75 Å². The van der Waals surface area contributed by atoms with E-state index < -0.39 is 0 Å². The van der Waals surface area contributed by atoms with Crippen molar-refractivity contribution in [3.63, 3.8) is 0 Å². The normalized spacial score (nSPS) is 14.8. The van der Waals surface area contributed by atoms with Crippen molar-refractivity contribution in [3.8, 4) is 29.2 Å². The van der Waals surface area contributed by atoms with Gasteiger partial charge in [0.15, 0.2) is 0 Å². The lowest BCUT2D eigenvalue weighted by atomic mass is 10.0. The summed E-state index contributed by atoms with van der Waals surface area (Å²) in [4.78, 5) is 14.8. The third-order valence-electron chi connectivity index (χ3n) is 5.79. The van der Waals surface area contributed by atoms with Crippen molar-refractivity contribution in [2.75, 3.05) is 32.1 Å². The number of likely N-dealkylation sites (tertiary alicyclic amines) is 1. The number of nitrogens with zero attached hydrogens (tertiary/aromatic N) is 2. The van der Waals surface area contributed by atoms with E-state index in [1.54, 1.807) is 4.57 Å². The maximum atomic E-state index is 12.5. The van der Waals surface area contributed by atoms with Gasteiger partial charge in [-0.1, -0.05) is 24.6 Å². The summed E-state index contributed by atoms with van der Waals surface area (Å²) in [6.45, 7) is 6.08. The van der Waals surface area contributed by atoms with E-state index in [0.29, 0.717) is 6.04 Å². The number of allylic oxidation sites excluding steroid dienone is 1. The van der Waals surface area contributed by atoms with Crippen molar-refractivity contribution in [3.05, 3.63) is 61.3 Å². The Hall–Kier alpha value is -3.49. The fraction of sp³-hybridized carbons (Fsp3) is 0.269. The molecule has 1 saturated heterocycles. The summed E-state index contributed by atoms with van der Waals surface area (Å²) in [6, 6.07) is 14.4. The van der Waals surface area contributed by atoms with Gasteiger partial charge in [-0.2, -0.15) is 0 Å². The number of hydrogen-bond donors (Lipinski definition) is 1. The van der Waals surface area contributed by atoms with Gasteiger partial charge in [0.05, 0.1) is 5.52 Å². The molecule has 0 aliphatic carbocycles. The molecule has 2 heterocycles. The Morgan fingerprint density at radius 3 is 2.68 bits per heavy atom. The second-order valence-electron chi connectivity index (χ2n) is 7.93. The smallest absolute Gasteiger partial charge is 0.254 e. The number of anilines is 1. The Balaban J connectivity index is 1.70. The van der Waals surface area contributed by atoms with Crippen molar-refractivity contribution >= 4 is 22.5 Å². The van der Waals surface area contributed by atoms with Crippen molar-refractivity contribution in [2.45, 2.75) is 18.9 Å². The predicted octanol–water partition coefficient (Wildman–Crippen LogP) is 4.65. The molecular formula is C26H27N3O2. The highest BCUT2D eigenvalue weighted by Crippen LogP contribution is 2.34. The zero-order valence-corrected chi connectivity index (χ0v) is 17.8. The number of carbonyl (C=O) groups excluding carboxylic acids is 1. The zero-order chi connectivity index (χ0) is 21.8. The van der Waals surface area contributed by atoms with Crippen molar-refractivity contribution in [2.24, 2.45) is 0 Å². The third kappa shape index (κ3) is 4.50. The monoisotopic (exact) mass is 413 g/mol. The van der Waals surface area contributed by atoms with Crippen LogP contribution in [0.3, 0.4) is 0 Å². The zero-order valence-electron chi connectivity index (χ0n) is 17.8. The maximum Gasteiger partial charge on any atom is 0.254 e. The molecule has 158 valence electrons. The third-order valence-corrected chi connectivity index (χ3v) is 5.79. The Kier molecular flexibility index (Phi) is 6.11. The Morgan fingerprint density at radius 2 is 2.00 bits per heavy atom. The number of benzene rings is 2. The largest absolute Gasteiger partial charge is 0.481 e. The van der Waals surface area contributed by atoms with Crippen molar-refractivity contribution < 1.29 is 9.53 Å². The first-order chi connectivity index (χ1) is 15.1. The average Bonchev–Trinajstić information content (AvgIpc) is 3.18. The quantitative estimate of drug-likeness (QED) is 0.472. The first-order valence-electron chi connectivity index (χ1n) is 10.5. The lowest BCUT2D eigenvalue weighted by molar-refractivity contribution is 0.0974. The molecule has 1 aliphatic heterocycles. The number of nitrogens with one attached hydrogen (secondary N) is 1. The number of rotatable bonds is 6. The Labute approximate surface area is 183 Å². The molecule has 3 aromatic rings. The second kappa shape index (κ2) is 9.11. The number of piperidine rings is 1. The number of hydrogen-bond acceptors (Lipinski definition) is 4. The van der Waals surface area contributed by atoms with E-state index >= 15 is 0 Å². The SMILES string of the molecule is C#CCOc1ccc(-c2cn(C(=O)C=C)c3ccc(NC4CCN(C)CC4)cc23)cc1. The van der Waals surface area contributed by atoms with Gasteiger partial charge in [-0.15, -0.1) is 6.42 Å². The summed E-state index contributed by atoms with van der Waals surface area (Å²) in [6.07, 6.45) is 10.7. The van der Waals surface area contributed by atoms with E-state index in [0.717, 1.165) is 59.4 Å². The van der Waals surface area contributed by atoms with Gasteiger partial charge in [-0.25, -0.2) is 0 Å². The molecule has 0 amide bonds. The summed E-state index contributed by atoms with van der Waals surface area (Å²) >= 11 is 0. The van der Waals surface area contributed by atoms with Crippen LogP contribution >= 0.6 is 0 Å². The van der Waals surface area contributed by atoms with Crippen LogP contribution in [0.1, 0.15) is 17.6 Å². The number of aromatic nitrogens is 1. The highest BCUT2D eigenvalue weighted by Gasteiger charge is 2.18. The van der Waals surface area contributed by atoms with Gasteiger partial charge < -0.3 is 15.0 Å². The van der Waals surface area contributed by atoms with Crippen molar-refractivity contribution in [1.29, 1.82) is 0 Å². The van der Waals surface area contributed by atoms with Crippen LogP contribution in [0.4, 0.5) is 5.69 Å². The molecule has 2 aromatic carbocycles. The molecule has 5 heteroatoms. The summed E-state index contributed by atoms with van der Waals surface area (Å²) in [5, 5.41) is 4.70. The van der Waals surface area contributed by atoms with E-state index in [9.17, 15) is 4.79 Å². The van der Waals surface area contributed by atoms with Crippen LogP contribution < -0.4 is 10.1 Å². The van der Waals surface area contributed by atoms with E-state index in [4.69, 9.17) is 11.2 Å². The highest BCUT2D eigenvalue weighted by molar-refractivity contribution is 6.05. The van der Waals surface area contributed by atoms with Crippen LogP contribution in [-0.4, -0.2) is 48.2 Å². The highest BCUT2D eigenvalue weighted by atomic mass is 16.5. The van der Waals surface area contributed by atoms with Gasteiger partial charge in [-0.05, 0) is 75.0 Å². The molecule has 5 nitrogen and oxygen atoms in total. The number of carbonyl (C=O) groups is 1. The molecule has 0 atom stereocenters. The molecule has 0 unspecified atom stereocenters. The van der Waals surface area contributed by atoms with Gasteiger partial charge >= 0.3 is 0 Å². The molecule has 1 aliphatic rings. The summed E-state index contributed by atoms with van der Waals surface area (Å²) in [7, 11) is 2.16. The van der Waals surface area contributed by atoms with Gasteiger partial charge in [-0.3, -0.25) is 9.36 Å². The second-order valence-corrected chi connectivity index (χ2v) is 7.93. The summed E-state index contributed by atoms with van der Waals surface area (Å²) in [5.74, 6) is 3.04. The fourth-order valence-corrected chi connectivity index (χ4v) is 4.07. The molecule has 1 fully saturated rings. The molecule has 31 heavy (non-hydrogen) atoms. The molecule has 0 spiro atoms. The molecule has 1 N–H and O–H groups in total. The minimum atomic E-state index is -0.152. The number of fused-ring (bicyclic) bond motifs is 1. The van der Waals surface area contributed by atoms with E-state index in [-0.39, 0.29) is 12.5 Å². The molecule has 0 bridgehead atoms. The van der Waals surface area contributed by atoms with E-state index in [1.807, 2.05) is 42.6 Å². The van der Waals surface area contributed by atoms with Crippen LogP contribution in [0, 0.1) is 12.3 Å². The minimum absolute atomic E-state index is 0.152. The van der Waals surface area contributed by atoms with Gasteiger partial charge in [0.1, 0.15) is 12.4 Å². The molecule has 4 rings (SSSR count). The summed E-state index contributed by atoms with van der Waals surface area (Å²) in [5.41, 5.74) is 3.92. The predicted molar refractivity (Wildman–Crippen MR) is 127 cm³/mol. The van der Waals surface area contributed by atoms with Crippen molar-refractivity contribution in [1.82, 2.24) is 9.47 Å². The van der Waals surface area contributed by atoms with Crippen LogP contribution in [-0.2, 0) is 0 Å².